The number of esters is 1. The summed E-state index contributed by atoms with van der Waals surface area (Å²) in [6.07, 6.45) is 18.9. The fourth-order valence-corrected chi connectivity index (χ4v) is 5.09. The summed E-state index contributed by atoms with van der Waals surface area (Å²) in [5, 5.41) is 0. The summed E-state index contributed by atoms with van der Waals surface area (Å²) in [5.41, 5.74) is 1.44. The van der Waals surface area contributed by atoms with E-state index in [2.05, 4.69) is 13.8 Å². The number of carbonyl (C=O) groups excluding carboxylic acids is 1. The Balaban J connectivity index is 1.30. The van der Waals surface area contributed by atoms with E-state index in [1.54, 1.807) is 24.3 Å². The summed E-state index contributed by atoms with van der Waals surface area (Å²) in [6.45, 7) is 6.66. The van der Waals surface area contributed by atoms with Crippen LogP contribution in [0, 0.1) is 5.92 Å². The fraction of sp³-hybridized carbons (Fsp3) is 0.629. The first-order valence-corrected chi connectivity index (χ1v) is 16.0. The molecule has 40 heavy (non-hydrogen) atoms. The Morgan fingerprint density at radius 1 is 0.675 bits per heavy atom. The lowest BCUT2D eigenvalue weighted by Crippen LogP contribution is -2.27. The van der Waals surface area contributed by atoms with Crippen LogP contribution in [-0.2, 0) is 9.47 Å². The highest BCUT2D eigenvalue weighted by Gasteiger charge is 2.23. The van der Waals surface area contributed by atoms with Crippen LogP contribution < -0.4 is 9.47 Å². The van der Waals surface area contributed by atoms with Crippen molar-refractivity contribution in [2.24, 2.45) is 5.92 Å². The molecule has 1 aliphatic rings. The normalized spacial score (nSPS) is 17.1. The van der Waals surface area contributed by atoms with Crippen LogP contribution in [0.5, 0.6) is 11.5 Å². The molecule has 0 N–H and O–H groups in total. The Morgan fingerprint density at radius 3 is 1.80 bits per heavy atom. The first-order valence-electron chi connectivity index (χ1n) is 16.0. The molecule has 0 saturated carbocycles. The van der Waals surface area contributed by atoms with E-state index in [-0.39, 0.29) is 12.3 Å². The van der Waals surface area contributed by atoms with Crippen LogP contribution in [0.3, 0.4) is 0 Å². The van der Waals surface area contributed by atoms with Gasteiger partial charge < -0.3 is 18.9 Å². The molecule has 0 amide bonds. The highest BCUT2D eigenvalue weighted by Crippen LogP contribution is 2.29. The molecular formula is C35H52O5. The predicted molar refractivity (Wildman–Crippen MR) is 162 cm³/mol. The summed E-state index contributed by atoms with van der Waals surface area (Å²) in [6, 6.07) is 14.6. The van der Waals surface area contributed by atoms with Crippen LogP contribution in [-0.4, -0.2) is 25.8 Å². The summed E-state index contributed by atoms with van der Waals surface area (Å²) in [5.74, 6) is 1.37. The number of carbonyl (C=O) groups is 1. The molecule has 0 bridgehead atoms. The van der Waals surface area contributed by atoms with Crippen molar-refractivity contribution in [2.45, 2.75) is 116 Å². The van der Waals surface area contributed by atoms with Crippen LogP contribution in [0.25, 0.3) is 0 Å². The van der Waals surface area contributed by atoms with Crippen molar-refractivity contribution in [2.75, 3.05) is 19.8 Å². The summed E-state index contributed by atoms with van der Waals surface area (Å²) >= 11 is 0. The van der Waals surface area contributed by atoms with Gasteiger partial charge in [0.05, 0.1) is 25.4 Å². The number of hydrogen-bond donors (Lipinski definition) is 0. The zero-order chi connectivity index (χ0) is 28.3. The lowest BCUT2D eigenvalue weighted by atomic mass is 10.0. The second-order valence-corrected chi connectivity index (χ2v) is 11.2. The predicted octanol–water partition coefficient (Wildman–Crippen LogP) is 9.84. The van der Waals surface area contributed by atoms with Gasteiger partial charge in [-0.15, -0.1) is 0 Å². The quantitative estimate of drug-likeness (QED) is 0.0929. The molecule has 0 aliphatic carbocycles. The van der Waals surface area contributed by atoms with Gasteiger partial charge in [-0.2, -0.15) is 0 Å². The summed E-state index contributed by atoms with van der Waals surface area (Å²) in [7, 11) is 0. The molecule has 0 aromatic heterocycles. The van der Waals surface area contributed by atoms with Gasteiger partial charge in [-0.25, -0.2) is 4.79 Å². The highest BCUT2D eigenvalue weighted by molar-refractivity contribution is 5.91. The van der Waals surface area contributed by atoms with Gasteiger partial charge in [-0.3, -0.25) is 0 Å². The molecule has 3 rings (SSSR count). The molecule has 0 spiro atoms. The lowest BCUT2D eigenvalue weighted by Gasteiger charge is -2.29. The van der Waals surface area contributed by atoms with Crippen molar-refractivity contribution >= 4 is 5.97 Å². The van der Waals surface area contributed by atoms with E-state index >= 15 is 0 Å². The average molecular weight is 553 g/mol. The van der Waals surface area contributed by atoms with Gasteiger partial charge in [-0.05, 0) is 49.2 Å². The van der Waals surface area contributed by atoms with Gasteiger partial charge in [0.1, 0.15) is 11.5 Å². The van der Waals surface area contributed by atoms with E-state index in [1.807, 2.05) is 24.3 Å². The number of benzene rings is 2. The summed E-state index contributed by atoms with van der Waals surface area (Å²) < 4.78 is 23.4. The molecular weight excluding hydrogens is 500 g/mol. The molecule has 1 aliphatic heterocycles. The Morgan fingerprint density at radius 2 is 1.20 bits per heavy atom. The van der Waals surface area contributed by atoms with Crippen molar-refractivity contribution in [1.82, 2.24) is 0 Å². The molecule has 2 aromatic carbocycles. The van der Waals surface area contributed by atoms with Crippen LogP contribution in [0.4, 0.5) is 0 Å². The van der Waals surface area contributed by atoms with Gasteiger partial charge >= 0.3 is 5.97 Å². The molecule has 1 fully saturated rings. The first kappa shape index (κ1) is 32.1. The SMILES string of the molecule is CCCCCCCCCC[C@H]1CO[C@H](c2ccc(OC(=O)c3ccc(OCCCCCCCC)cc3)cc2)OC1. The minimum absolute atomic E-state index is 0.358. The maximum absolute atomic E-state index is 12.6. The zero-order valence-electron chi connectivity index (χ0n) is 25.0. The minimum atomic E-state index is -0.385. The van der Waals surface area contributed by atoms with E-state index < -0.39 is 0 Å². The number of ether oxygens (including phenoxy) is 4. The van der Waals surface area contributed by atoms with Gasteiger partial charge in [0, 0.05) is 11.5 Å². The average Bonchev–Trinajstić information content (AvgIpc) is 2.99. The molecule has 0 radical (unpaired) electrons. The molecule has 5 heteroatoms. The Bertz CT molecular complexity index is 916. The molecule has 5 nitrogen and oxygen atoms in total. The monoisotopic (exact) mass is 552 g/mol. The second-order valence-electron chi connectivity index (χ2n) is 11.2. The van der Waals surface area contributed by atoms with E-state index in [4.69, 9.17) is 18.9 Å². The van der Waals surface area contributed by atoms with E-state index in [0.717, 1.165) is 30.9 Å². The topological polar surface area (TPSA) is 54.0 Å². The van der Waals surface area contributed by atoms with Gasteiger partial charge in [0.2, 0.25) is 0 Å². The third kappa shape index (κ3) is 12.4. The molecule has 1 saturated heterocycles. The summed E-state index contributed by atoms with van der Waals surface area (Å²) in [4.78, 5) is 12.6. The van der Waals surface area contributed by atoms with Crippen molar-refractivity contribution in [3.63, 3.8) is 0 Å². The first-order chi connectivity index (χ1) is 19.7. The maximum atomic E-state index is 12.6. The van der Waals surface area contributed by atoms with Crippen molar-refractivity contribution in [3.05, 3.63) is 59.7 Å². The Hall–Kier alpha value is -2.37. The van der Waals surface area contributed by atoms with Crippen molar-refractivity contribution in [1.29, 1.82) is 0 Å². The number of rotatable bonds is 20. The van der Waals surface area contributed by atoms with E-state index in [1.165, 1.54) is 89.9 Å². The van der Waals surface area contributed by atoms with E-state index in [0.29, 0.717) is 23.8 Å². The van der Waals surface area contributed by atoms with Gasteiger partial charge in [0.15, 0.2) is 6.29 Å². The number of hydrogen-bond acceptors (Lipinski definition) is 5. The Labute approximate surface area is 242 Å². The van der Waals surface area contributed by atoms with Gasteiger partial charge in [0.25, 0.3) is 0 Å². The van der Waals surface area contributed by atoms with Crippen LogP contribution in [0.15, 0.2) is 48.5 Å². The second kappa shape index (κ2) is 19.7. The third-order valence-corrected chi connectivity index (χ3v) is 7.65. The molecule has 1 heterocycles. The maximum Gasteiger partial charge on any atom is 0.343 e. The van der Waals surface area contributed by atoms with Gasteiger partial charge in [-0.1, -0.05) is 109 Å². The van der Waals surface area contributed by atoms with E-state index in [9.17, 15) is 4.79 Å². The van der Waals surface area contributed by atoms with Crippen molar-refractivity contribution in [3.8, 4) is 11.5 Å². The van der Waals surface area contributed by atoms with Crippen LogP contribution in [0.1, 0.15) is 132 Å². The van der Waals surface area contributed by atoms with Crippen molar-refractivity contribution < 1.29 is 23.7 Å². The smallest absolute Gasteiger partial charge is 0.343 e. The number of unbranched alkanes of at least 4 members (excludes halogenated alkanes) is 12. The molecule has 0 atom stereocenters. The standard InChI is InChI=1S/C35H52O5/c1-3-5-7-9-11-12-13-15-17-29-27-38-35(39-28-29)31-20-24-33(25-21-31)40-34(36)30-18-22-32(23-19-30)37-26-16-14-10-8-6-4-2/h18-25,29,35H,3-17,26-28H2,1-2H3/t29-,35-. The molecule has 2 aromatic rings. The van der Waals surface area contributed by atoms with Crippen LogP contribution in [0.2, 0.25) is 0 Å². The lowest BCUT2D eigenvalue weighted by molar-refractivity contribution is -0.206. The Kier molecular flexibility index (Phi) is 15.8. The minimum Gasteiger partial charge on any atom is -0.494 e. The fourth-order valence-electron chi connectivity index (χ4n) is 5.09. The highest BCUT2D eigenvalue weighted by atomic mass is 16.7. The molecule has 222 valence electrons. The zero-order valence-corrected chi connectivity index (χ0v) is 25.0. The molecule has 0 unspecified atom stereocenters. The van der Waals surface area contributed by atoms with Crippen LogP contribution >= 0.6 is 0 Å². The third-order valence-electron chi connectivity index (χ3n) is 7.65. The largest absolute Gasteiger partial charge is 0.494 e.